The summed E-state index contributed by atoms with van der Waals surface area (Å²) in [5, 5.41) is 11.7. The number of benzene rings is 1. The highest BCUT2D eigenvalue weighted by atomic mass is 35.5. The first-order chi connectivity index (χ1) is 14.3. The van der Waals surface area contributed by atoms with Crippen LogP contribution in [0, 0.1) is 5.92 Å². The largest absolute Gasteiger partial charge is 0.441 e. The fourth-order valence-electron chi connectivity index (χ4n) is 4.07. The van der Waals surface area contributed by atoms with Crippen LogP contribution < -0.4 is 5.32 Å². The number of hydrogen-bond acceptors (Lipinski definition) is 6. The van der Waals surface area contributed by atoms with E-state index >= 15 is 0 Å². The van der Waals surface area contributed by atoms with E-state index in [1.54, 1.807) is 15.8 Å². The molecule has 2 aromatic heterocycles. The van der Waals surface area contributed by atoms with Gasteiger partial charge in [-0.1, -0.05) is 23.4 Å². The number of nitrogens with one attached hydrogen (secondary N) is 1. The van der Waals surface area contributed by atoms with Gasteiger partial charge in [0.1, 0.15) is 11.5 Å². The van der Waals surface area contributed by atoms with Gasteiger partial charge < -0.3 is 14.6 Å². The summed E-state index contributed by atoms with van der Waals surface area (Å²) in [6, 6.07) is 9.83. The summed E-state index contributed by atoms with van der Waals surface area (Å²) in [7, 11) is 0. The maximum absolute atomic E-state index is 12.9. The van der Waals surface area contributed by atoms with Gasteiger partial charge in [0.25, 0.3) is 5.91 Å². The van der Waals surface area contributed by atoms with Gasteiger partial charge in [-0.2, -0.15) is 0 Å². The molecule has 30 heavy (non-hydrogen) atoms. The number of hydrogen-bond donors (Lipinski definition) is 1. The molecule has 1 amide bonds. The summed E-state index contributed by atoms with van der Waals surface area (Å²) < 4.78 is 7.72. The number of halogens is 1. The maximum Gasteiger partial charge on any atom is 0.276 e. The third kappa shape index (κ3) is 4.24. The number of aromatic nitrogens is 4. The predicted molar refractivity (Wildman–Crippen MR) is 113 cm³/mol. The van der Waals surface area contributed by atoms with E-state index in [0.717, 1.165) is 36.7 Å². The maximum atomic E-state index is 12.9. The fourth-order valence-corrected chi connectivity index (χ4v) is 4.07. The Kier molecular flexibility index (Phi) is 6.15. The molecule has 1 fully saturated rings. The summed E-state index contributed by atoms with van der Waals surface area (Å²) in [5.41, 5.74) is 2.16. The van der Waals surface area contributed by atoms with Crippen LogP contribution in [-0.4, -0.2) is 50.4 Å². The summed E-state index contributed by atoms with van der Waals surface area (Å²) >= 11 is 0. The molecular formula is C21H25ClN6O2. The first-order valence-corrected chi connectivity index (χ1v) is 10.2. The number of piperidine rings is 1. The number of oxazole rings is 1. The lowest BCUT2D eigenvalue weighted by Gasteiger charge is -2.24. The highest BCUT2D eigenvalue weighted by Crippen LogP contribution is 2.26. The van der Waals surface area contributed by atoms with E-state index in [4.69, 9.17) is 4.42 Å². The molecule has 1 N–H and O–H groups in total. The third-order valence-electron chi connectivity index (χ3n) is 5.64. The van der Waals surface area contributed by atoms with Crippen LogP contribution in [0.25, 0.3) is 11.5 Å². The summed E-state index contributed by atoms with van der Waals surface area (Å²) in [6.07, 6.45) is 4.79. The zero-order valence-electron chi connectivity index (χ0n) is 16.7. The second kappa shape index (κ2) is 8.97. The van der Waals surface area contributed by atoms with Gasteiger partial charge in [0.2, 0.25) is 5.89 Å². The highest BCUT2D eigenvalue weighted by molar-refractivity contribution is 5.92. The van der Waals surface area contributed by atoms with Crippen LogP contribution in [0.1, 0.15) is 34.8 Å². The van der Waals surface area contributed by atoms with Crippen molar-refractivity contribution in [3.63, 3.8) is 0 Å². The van der Waals surface area contributed by atoms with E-state index < -0.39 is 0 Å². The van der Waals surface area contributed by atoms with E-state index in [-0.39, 0.29) is 18.3 Å². The quantitative estimate of drug-likeness (QED) is 0.687. The van der Waals surface area contributed by atoms with Gasteiger partial charge in [-0.25, -0.2) is 4.98 Å². The highest BCUT2D eigenvalue weighted by Gasteiger charge is 2.28. The van der Waals surface area contributed by atoms with Gasteiger partial charge in [0, 0.05) is 25.1 Å². The van der Waals surface area contributed by atoms with Crippen LogP contribution in [0.3, 0.4) is 0 Å². The number of amides is 1. The van der Waals surface area contributed by atoms with Crippen molar-refractivity contribution >= 4 is 18.3 Å². The Morgan fingerprint density at radius 2 is 2.13 bits per heavy atom. The molecule has 0 aliphatic carbocycles. The number of fused-ring (bicyclic) bond motifs is 1. The van der Waals surface area contributed by atoms with E-state index in [1.807, 2.05) is 30.3 Å². The molecule has 158 valence electrons. The standard InChI is InChI=1S/C21H24N6O2.ClH/c28-21(18-14-27(25-24-18)12-15-5-4-9-22-11-15)26-10-8-19-17(13-26)23-20(29-19)16-6-2-1-3-7-16;/h1-3,6-7,14-15,22H,4-5,8-13H2;1H. The van der Waals surface area contributed by atoms with Crippen LogP contribution in [0.4, 0.5) is 0 Å². The average molecular weight is 429 g/mol. The topological polar surface area (TPSA) is 89.1 Å². The SMILES string of the molecule is Cl.O=C(c1cn(CC2CCCNC2)nn1)N1CCc2oc(-c3ccccc3)nc2C1. The lowest BCUT2D eigenvalue weighted by molar-refractivity contribution is 0.0722. The minimum absolute atomic E-state index is 0. The zero-order valence-corrected chi connectivity index (χ0v) is 17.5. The van der Waals surface area contributed by atoms with Gasteiger partial charge in [0.05, 0.1) is 12.7 Å². The van der Waals surface area contributed by atoms with Crippen LogP contribution in [0.15, 0.2) is 40.9 Å². The van der Waals surface area contributed by atoms with Crippen LogP contribution in [-0.2, 0) is 19.5 Å². The van der Waals surface area contributed by atoms with Gasteiger partial charge in [0.15, 0.2) is 5.69 Å². The fraction of sp³-hybridized carbons (Fsp3) is 0.429. The Bertz CT molecular complexity index is 996. The molecule has 2 aliphatic heterocycles. The first-order valence-electron chi connectivity index (χ1n) is 10.2. The first kappa shape index (κ1) is 20.6. The second-order valence-electron chi connectivity index (χ2n) is 7.77. The predicted octanol–water partition coefficient (Wildman–Crippen LogP) is 2.55. The third-order valence-corrected chi connectivity index (χ3v) is 5.64. The molecule has 0 bridgehead atoms. The summed E-state index contributed by atoms with van der Waals surface area (Å²) in [5.74, 6) is 1.91. The van der Waals surface area contributed by atoms with Crippen molar-refractivity contribution in [3.8, 4) is 11.5 Å². The lowest BCUT2D eigenvalue weighted by atomic mass is 10.00. The molecule has 5 rings (SSSR count). The van der Waals surface area contributed by atoms with Crippen molar-refractivity contribution in [1.82, 2.24) is 30.2 Å². The molecule has 9 heteroatoms. The Balaban J connectivity index is 0.00000218. The van der Waals surface area contributed by atoms with Gasteiger partial charge in [-0.05, 0) is 44.0 Å². The number of carbonyl (C=O) groups is 1. The van der Waals surface area contributed by atoms with Crippen LogP contribution in [0.2, 0.25) is 0 Å². The molecule has 1 aromatic carbocycles. The Labute approximate surface area is 181 Å². The molecule has 0 saturated carbocycles. The van der Waals surface area contributed by atoms with Gasteiger partial charge in [-0.3, -0.25) is 9.48 Å². The Morgan fingerprint density at radius 1 is 1.27 bits per heavy atom. The molecule has 2 aliphatic rings. The minimum Gasteiger partial charge on any atom is -0.441 e. The number of carbonyl (C=O) groups excluding carboxylic acids is 1. The van der Waals surface area contributed by atoms with Crippen molar-refractivity contribution in [1.29, 1.82) is 0 Å². The van der Waals surface area contributed by atoms with E-state index in [0.29, 0.717) is 37.0 Å². The van der Waals surface area contributed by atoms with Crippen molar-refractivity contribution in [2.75, 3.05) is 19.6 Å². The Hall–Kier alpha value is -2.71. The van der Waals surface area contributed by atoms with Crippen molar-refractivity contribution < 1.29 is 9.21 Å². The summed E-state index contributed by atoms with van der Waals surface area (Å²) in [6.45, 7) is 3.90. The molecule has 0 radical (unpaired) electrons. The number of rotatable bonds is 4. The Morgan fingerprint density at radius 3 is 2.93 bits per heavy atom. The molecule has 1 unspecified atom stereocenters. The van der Waals surface area contributed by atoms with Gasteiger partial charge >= 0.3 is 0 Å². The van der Waals surface area contributed by atoms with Crippen LogP contribution in [0.5, 0.6) is 0 Å². The normalized spacial score (nSPS) is 18.5. The molecule has 1 saturated heterocycles. The van der Waals surface area contributed by atoms with Crippen LogP contribution >= 0.6 is 12.4 Å². The average Bonchev–Trinajstić information content (AvgIpc) is 3.41. The van der Waals surface area contributed by atoms with E-state index in [1.165, 1.54) is 12.8 Å². The molecule has 4 heterocycles. The van der Waals surface area contributed by atoms with Crippen molar-refractivity contribution in [3.05, 3.63) is 53.7 Å². The molecule has 3 aromatic rings. The minimum atomic E-state index is -0.104. The van der Waals surface area contributed by atoms with Crippen molar-refractivity contribution in [2.45, 2.75) is 32.4 Å². The molecule has 0 spiro atoms. The smallest absolute Gasteiger partial charge is 0.276 e. The molecule has 8 nitrogen and oxygen atoms in total. The lowest BCUT2D eigenvalue weighted by Crippen LogP contribution is -2.36. The zero-order chi connectivity index (χ0) is 19.6. The second-order valence-corrected chi connectivity index (χ2v) is 7.77. The monoisotopic (exact) mass is 428 g/mol. The summed E-state index contributed by atoms with van der Waals surface area (Å²) in [4.78, 5) is 19.3. The van der Waals surface area contributed by atoms with E-state index in [9.17, 15) is 4.79 Å². The van der Waals surface area contributed by atoms with Crippen molar-refractivity contribution in [2.24, 2.45) is 5.92 Å². The van der Waals surface area contributed by atoms with E-state index in [2.05, 4.69) is 20.6 Å². The molecular weight excluding hydrogens is 404 g/mol. The van der Waals surface area contributed by atoms with Gasteiger partial charge in [-0.15, -0.1) is 17.5 Å². The number of nitrogens with zero attached hydrogens (tertiary/aromatic N) is 5. The molecule has 1 atom stereocenters.